The van der Waals surface area contributed by atoms with Crippen LogP contribution in [0, 0.1) is 5.82 Å². The first kappa shape index (κ1) is 35.9. The van der Waals surface area contributed by atoms with Gasteiger partial charge >= 0.3 is 0 Å². The van der Waals surface area contributed by atoms with Crippen molar-refractivity contribution in [2.45, 2.75) is 32.0 Å². The Bertz CT molecular complexity index is 2170. The zero-order valence-electron chi connectivity index (χ0n) is 28.5. The van der Waals surface area contributed by atoms with E-state index in [-0.39, 0.29) is 11.9 Å². The number of hydrogen-bond acceptors (Lipinski definition) is 5. The number of fused-ring (bicyclic) bond motifs is 2. The first-order valence-electron chi connectivity index (χ1n) is 17.5. The van der Waals surface area contributed by atoms with E-state index in [0.29, 0.717) is 92.1 Å². The van der Waals surface area contributed by atoms with Crippen molar-refractivity contribution in [2.75, 3.05) is 39.5 Å². The standard InChI is InChI=1S/C41H39Cl2FN4O4/c42-30-9-5-27(6-10-30)26-48-19-15-34-29(23-32(44)24-37(34)48)25-45-16-20-51-21-22-52-33-13-17-47(18-14-33)41(50)40(49)38-35-3-1-2-4-36(35)46-39(38)28-7-11-31(43)12-8-28/h1-12,15,19,23-24,33,45-46H,13-14,16-18,20-22,25-26H2. The molecule has 0 atom stereocenters. The highest BCUT2D eigenvalue weighted by molar-refractivity contribution is 6.46. The van der Waals surface area contributed by atoms with E-state index in [9.17, 15) is 14.0 Å². The minimum Gasteiger partial charge on any atom is -0.378 e. The average Bonchev–Trinajstić information content (AvgIpc) is 3.75. The van der Waals surface area contributed by atoms with E-state index in [1.165, 1.54) is 0 Å². The molecule has 1 amide bonds. The fourth-order valence-electron chi connectivity index (χ4n) is 6.83. The van der Waals surface area contributed by atoms with Gasteiger partial charge in [0.1, 0.15) is 5.82 Å². The number of para-hydroxylation sites is 1. The summed E-state index contributed by atoms with van der Waals surface area (Å²) in [4.78, 5) is 32.1. The van der Waals surface area contributed by atoms with Gasteiger partial charge in [-0.15, -0.1) is 0 Å². The molecule has 3 heterocycles. The summed E-state index contributed by atoms with van der Waals surface area (Å²) >= 11 is 12.1. The van der Waals surface area contributed by atoms with Gasteiger partial charge in [0, 0.05) is 65.3 Å². The molecule has 4 aromatic carbocycles. The summed E-state index contributed by atoms with van der Waals surface area (Å²) < 4.78 is 28.4. The molecule has 0 unspecified atom stereocenters. The normalized spacial score (nSPS) is 13.7. The number of carbonyl (C=O) groups excluding carboxylic acids is 2. The van der Waals surface area contributed by atoms with Crippen LogP contribution in [0.15, 0.2) is 97.2 Å². The van der Waals surface area contributed by atoms with E-state index in [1.54, 1.807) is 29.2 Å². The molecular formula is C41H39Cl2FN4O4. The number of piperidine rings is 1. The van der Waals surface area contributed by atoms with Crippen LogP contribution in [0.3, 0.4) is 0 Å². The van der Waals surface area contributed by atoms with Crippen molar-refractivity contribution in [2.24, 2.45) is 0 Å². The van der Waals surface area contributed by atoms with Crippen LogP contribution in [-0.2, 0) is 27.4 Å². The van der Waals surface area contributed by atoms with Gasteiger partial charge in [0.2, 0.25) is 0 Å². The molecule has 1 fully saturated rings. The number of ketones is 1. The van der Waals surface area contributed by atoms with Crippen molar-refractivity contribution in [3.8, 4) is 11.3 Å². The van der Waals surface area contributed by atoms with E-state index < -0.39 is 11.7 Å². The van der Waals surface area contributed by atoms with Gasteiger partial charge in [0.05, 0.1) is 42.7 Å². The fraction of sp³-hybridized carbons (Fsp3) is 0.268. The van der Waals surface area contributed by atoms with Gasteiger partial charge < -0.3 is 29.2 Å². The van der Waals surface area contributed by atoms with Crippen LogP contribution >= 0.6 is 23.2 Å². The number of aromatic nitrogens is 2. The van der Waals surface area contributed by atoms with Crippen LogP contribution in [0.4, 0.5) is 4.39 Å². The first-order valence-corrected chi connectivity index (χ1v) is 18.2. The maximum atomic E-state index is 14.6. The van der Waals surface area contributed by atoms with Gasteiger partial charge in [-0.05, 0) is 78.1 Å². The van der Waals surface area contributed by atoms with Crippen LogP contribution in [0.25, 0.3) is 33.1 Å². The van der Waals surface area contributed by atoms with Crippen molar-refractivity contribution in [1.82, 2.24) is 19.8 Å². The summed E-state index contributed by atoms with van der Waals surface area (Å²) in [7, 11) is 0. The van der Waals surface area contributed by atoms with Crippen LogP contribution in [0.1, 0.15) is 34.3 Å². The summed E-state index contributed by atoms with van der Waals surface area (Å²) in [5.74, 6) is -1.31. The van der Waals surface area contributed by atoms with Crippen LogP contribution < -0.4 is 5.32 Å². The summed E-state index contributed by atoms with van der Waals surface area (Å²) in [5.41, 5.74) is 5.39. The van der Waals surface area contributed by atoms with Gasteiger partial charge in [-0.1, -0.05) is 65.7 Å². The quantitative estimate of drug-likeness (QED) is 0.0667. The minimum atomic E-state index is -0.529. The Labute approximate surface area is 311 Å². The zero-order chi connectivity index (χ0) is 36.0. The second-order valence-corrected chi connectivity index (χ2v) is 13.8. The summed E-state index contributed by atoms with van der Waals surface area (Å²) in [6.45, 7) is 3.99. The lowest BCUT2D eigenvalue weighted by atomic mass is 10.00. The minimum absolute atomic E-state index is 0.0130. The SMILES string of the molecule is O=C(C(=O)N1CCC(OCCOCCNCc2cc(F)cc3c2ccn3Cc2ccc(Cl)cc2)CC1)c1c(-c2ccc(Cl)cc2)[nH]c2ccccc12. The highest BCUT2D eigenvalue weighted by Crippen LogP contribution is 2.32. The molecule has 11 heteroatoms. The molecule has 1 aliphatic heterocycles. The van der Waals surface area contributed by atoms with Crippen molar-refractivity contribution in [1.29, 1.82) is 0 Å². The van der Waals surface area contributed by atoms with Crippen LogP contribution in [0.2, 0.25) is 10.0 Å². The average molecular weight is 742 g/mol. The molecule has 7 rings (SSSR count). The van der Waals surface area contributed by atoms with Crippen LogP contribution in [-0.4, -0.2) is 71.7 Å². The molecule has 8 nitrogen and oxygen atoms in total. The highest BCUT2D eigenvalue weighted by Gasteiger charge is 2.31. The Morgan fingerprint density at radius 2 is 1.60 bits per heavy atom. The lowest BCUT2D eigenvalue weighted by molar-refractivity contribution is -0.129. The molecular weight excluding hydrogens is 702 g/mol. The van der Waals surface area contributed by atoms with E-state index in [1.807, 2.05) is 77.5 Å². The smallest absolute Gasteiger partial charge is 0.295 e. The first-order chi connectivity index (χ1) is 25.3. The highest BCUT2D eigenvalue weighted by atomic mass is 35.5. The second-order valence-electron chi connectivity index (χ2n) is 13.0. The molecule has 6 aromatic rings. The number of benzene rings is 4. The predicted molar refractivity (Wildman–Crippen MR) is 204 cm³/mol. The number of carbonyl (C=O) groups is 2. The molecule has 1 aliphatic rings. The number of nitrogens with zero attached hydrogens (tertiary/aromatic N) is 2. The Morgan fingerprint density at radius 3 is 2.37 bits per heavy atom. The Kier molecular flexibility index (Phi) is 11.3. The lowest BCUT2D eigenvalue weighted by Gasteiger charge is -2.31. The van der Waals surface area contributed by atoms with Crippen molar-refractivity contribution in [3.63, 3.8) is 0 Å². The van der Waals surface area contributed by atoms with Crippen LogP contribution in [0.5, 0.6) is 0 Å². The number of ether oxygens (including phenoxy) is 2. The second kappa shape index (κ2) is 16.4. The number of rotatable bonds is 14. The number of nitrogens with one attached hydrogen (secondary N) is 2. The van der Waals surface area contributed by atoms with Crippen molar-refractivity contribution < 1.29 is 23.5 Å². The van der Waals surface area contributed by atoms with Gasteiger partial charge in [0.15, 0.2) is 0 Å². The Hall–Kier alpha value is -4.51. The fourth-order valence-corrected chi connectivity index (χ4v) is 7.09. The molecule has 0 bridgehead atoms. The number of Topliss-reactive ketones (excluding diaryl/α,β-unsaturated/α-hetero) is 1. The Morgan fingerprint density at radius 1 is 0.865 bits per heavy atom. The van der Waals surface area contributed by atoms with Crippen molar-refractivity contribution in [3.05, 3.63) is 130 Å². The number of hydrogen-bond donors (Lipinski definition) is 2. The number of aromatic amines is 1. The maximum Gasteiger partial charge on any atom is 0.295 e. The molecule has 0 radical (unpaired) electrons. The summed E-state index contributed by atoms with van der Waals surface area (Å²) in [6, 6.07) is 27.6. The van der Waals surface area contributed by atoms with Gasteiger partial charge in [-0.3, -0.25) is 9.59 Å². The molecule has 1 saturated heterocycles. The third-order valence-electron chi connectivity index (χ3n) is 9.51. The lowest BCUT2D eigenvalue weighted by Crippen LogP contribution is -2.44. The summed E-state index contributed by atoms with van der Waals surface area (Å²) in [5, 5.41) is 6.36. The number of H-pyrrole nitrogens is 1. The number of likely N-dealkylation sites (tertiary alicyclic amines) is 1. The molecule has 2 N–H and O–H groups in total. The zero-order valence-corrected chi connectivity index (χ0v) is 30.1. The third kappa shape index (κ3) is 8.25. The molecule has 268 valence electrons. The molecule has 0 spiro atoms. The van der Waals surface area contributed by atoms with Crippen molar-refractivity contribution >= 4 is 56.7 Å². The van der Waals surface area contributed by atoms with E-state index in [2.05, 4.69) is 10.3 Å². The monoisotopic (exact) mass is 740 g/mol. The maximum absolute atomic E-state index is 14.6. The van der Waals surface area contributed by atoms with E-state index in [4.69, 9.17) is 32.7 Å². The number of halogens is 3. The number of amides is 1. The van der Waals surface area contributed by atoms with Gasteiger partial charge in [-0.25, -0.2) is 4.39 Å². The summed E-state index contributed by atoms with van der Waals surface area (Å²) in [6.07, 6.45) is 3.25. The van der Waals surface area contributed by atoms with E-state index in [0.717, 1.165) is 33.1 Å². The molecule has 2 aromatic heterocycles. The Balaban J connectivity index is 0.831. The van der Waals surface area contributed by atoms with Gasteiger partial charge in [0.25, 0.3) is 11.7 Å². The topological polar surface area (TPSA) is 88.6 Å². The molecule has 0 saturated carbocycles. The van der Waals surface area contributed by atoms with Gasteiger partial charge in [-0.2, -0.15) is 0 Å². The molecule has 0 aliphatic carbocycles. The predicted octanol–water partition coefficient (Wildman–Crippen LogP) is 8.28. The van der Waals surface area contributed by atoms with E-state index >= 15 is 0 Å². The molecule has 52 heavy (non-hydrogen) atoms. The largest absolute Gasteiger partial charge is 0.378 e. The third-order valence-corrected chi connectivity index (χ3v) is 10.0.